The van der Waals surface area contributed by atoms with E-state index < -0.39 is 0 Å². The van der Waals surface area contributed by atoms with Crippen LogP contribution in [0.15, 0.2) is 76.7 Å². The van der Waals surface area contributed by atoms with Crippen molar-refractivity contribution in [3.05, 3.63) is 89.0 Å². The first-order valence-corrected chi connectivity index (χ1v) is 12.1. The van der Waals surface area contributed by atoms with Crippen molar-refractivity contribution in [2.24, 2.45) is 9.98 Å². The lowest BCUT2D eigenvalue weighted by molar-refractivity contribution is 0.0994. The number of carbonyl (C=O) groups excluding carboxylic acids is 2. The molecule has 0 fully saturated rings. The summed E-state index contributed by atoms with van der Waals surface area (Å²) in [5.74, 6) is -0.0755. The fraction of sp³-hybridized carbons (Fsp3) is 0.267. The number of carbonyl (C=O) groups is 2. The van der Waals surface area contributed by atoms with Gasteiger partial charge in [-0.3, -0.25) is 19.6 Å². The van der Waals surface area contributed by atoms with Crippen molar-refractivity contribution in [3.63, 3.8) is 0 Å². The predicted molar refractivity (Wildman–Crippen MR) is 156 cm³/mol. The number of hydrogen-bond donors (Lipinski definition) is 0. The first-order chi connectivity index (χ1) is 17.6. The molecule has 3 aromatic carbocycles. The van der Waals surface area contributed by atoms with Gasteiger partial charge in [0.25, 0.3) is 0 Å². The predicted octanol–water partition coefficient (Wildman–Crippen LogP) is 4.49. The summed E-state index contributed by atoms with van der Waals surface area (Å²) in [6.45, 7) is 0.135. The molecule has 3 aromatic rings. The molecule has 0 heterocycles. The molecule has 37 heavy (non-hydrogen) atoms. The van der Waals surface area contributed by atoms with Crippen LogP contribution in [0, 0.1) is 0 Å². The van der Waals surface area contributed by atoms with Crippen LogP contribution in [0.3, 0.4) is 0 Å². The Labute approximate surface area is 219 Å². The van der Waals surface area contributed by atoms with Gasteiger partial charge in [0, 0.05) is 82.9 Å². The first-order valence-electron chi connectivity index (χ1n) is 12.1. The molecule has 7 nitrogen and oxygen atoms in total. The summed E-state index contributed by atoms with van der Waals surface area (Å²) < 4.78 is 0. The number of Topliss-reactive ketones (excluding diaryl/α,β-unsaturated/α-hetero) is 2. The van der Waals surface area contributed by atoms with Crippen LogP contribution >= 0.6 is 0 Å². The van der Waals surface area contributed by atoms with E-state index in [-0.39, 0.29) is 24.7 Å². The Hall–Kier alpha value is -4.26. The van der Waals surface area contributed by atoms with Gasteiger partial charge >= 0.3 is 0 Å². The average molecular weight is 498 g/mol. The van der Waals surface area contributed by atoms with Crippen molar-refractivity contribution >= 4 is 41.1 Å². The van der Waals surface area contributed by atoms with E-state index in [0.29, 0.717) is 11.1 Å². The molecule has 0 aliphatic heterocycles. The minimum absolute atomic E-state index is 0.0377. The molecular weight excluding hydrogens is 462 g/mol. The Balaban J connectivity index is 1.67. The van der Waals surface area contributed by atoms with Crippen molar-refractivity contribution in [1.29, 1.82) is 0 Å². The number of aliphatic imine (C=N–C) groups is 2. The molecule has 0 amide bonds. The van der Waals surface area contributed by atoms with Crippen LogP contribution in [0.2, 0.25) is 0 Å². The van der Waals surface area contributed by atoms with Gasteiger partial charge in [0.15, 0.2) is 11.6 Å². The minimum Gasteiger partial charge on any atom is -0.378 e. The van der Waals surface area contributed by atoms with Gasteiger partial charge < -0.3 is 14.7 Å². The Morgan fingerprint density at radius 3 is 1.24 bits per heavy atom. The molecule has 0 saturated carbocycles. The number of benzene rings is 3. The highest BCUT2D eigenvalue weighted by atomic mass is 16.1. The quantitative estimate of drug-likeness (QED) is 0.288. The van der Waals surface area contributed by atoms with Crippen LogP contribution < -0.4 is 14.7 Å². The summed E-state index contributed by atoms with van der Waals surface area (Å²) in [7, 11) is 11.8. The minimum atomic E-state index is -0.0377. The largest absolute Gasteiger partial charge is 0.378 e. The molecule has 3 rings (SSSR count). The third-order valence-electron chi connectivity index (χ3n) is 5.84. The summed E-state index contributed by atoms with van der Waals surface area (Å²) in [5, 5.41) is 0. The molecule has 0 N–H and O–H groups in total. The molecule has 0 radical (unpaired) electrons. The van der Waals surface area contributed by atoms with Gasteiger partial charge in [-0.1, -0.05) is 0 Å². The number of anilines is 3. The zero-order valence-electron chi connectivity index (χ0n) is 22.5. The highest BCUT2D eigenvalue weighted by molar-refractivity contribution is 6.00. The number of rotatable bonds is 11. The second-order valence-electron chi connectivity index (χ2n) is 9.42. The zero-order chi connectivity index (χ0) is 26.9. The van der Waals surface area contributed by atoms with E-state index in [0.717, 1.165) is 28.2 Å². The monoisotopic (exact) mass is 497 g/mol. The van der Waals surface area contributed by atoms with Crippen molar-refractivity contribution in [3.8, 4) is 0 Å². The maximum Gasteiger partial charge on any atom is 0.184 e. The summed E-state index contributed by atoms with van der Waals surface area (Å²) in [6.07, 6.45) is 3.40. The third kappa shape index (κ3) is 7.87. The topological polar surface area (TPSA) is 68.6 Å². The van der Waals surface area contributed by atoms with Crippen LogP contribution in [0.5, 0.6) is 0 Å². The number of ketones is 2. The molecular formula is C30H35N5O2. The van der Waals surface area contributed by atoms with Crippen LogP contribution in [-0.2, 0) is 0 Å². The molecule has 0 aliphatic carbocycles. The lowest BCUT2D eigenvalue weighted by atomic mass is 10.1. The van der Waals surface area contributed by atoms with Crippen molar-refractivity contribution in [1.82, 2.24) is 0 Å². The Morgan fingerprint density at radius 1 is 0.568 bits per heavy atom. The fourth-order valence-electron chi connectivity index (χ4n) is 3.61. The third-order valence-corrected chi connectivity index (χ3v) is 5.84. The van der Waals surface area contributed by atoms with E-state index in [2.05, 4.69) is 9.98 Å². The van der Waals surface area contributed by atoms with Crippen LogP contribution in [0.1, 0.15) is 31.8 Å². The van der Waals surface area contributed by atoms with Crippen LogP contribution in [0.25, 0.3) is 0 Å². The van der Waals surface area contributed by atoms with E-state index >= 15 is 0 Å². The van der Waals surface area contributed by atoms with E-state index in [4.69, 9.17) is 0 Å². The van der Waals surface area contributed by atoms with E-state index in [9.17, 15) is 9.59 Å². The zero-order valence-corrected chi connectivity index (χ0v) is 22.5. The van der Waals surface area contributed by atoms with Crippen molar-refractivity contribution in [2.45, 2.75) is 0 Å². The molecule has 192 valence electrons. The second-order valence-corrected chi connectivity index (χ2v) is 9.42. The Bertz CT molecular complexity index is 1180. The summed E-state index contributed by atoms with van der Waals surface area (Å²) in [5.41, 5.74) is 6.04. The highest BCUT2D eigenvalue weighted by Crippen LogP contribution is 2.17. The van der Waals surface area contributed by atoms with Gasteiger partial charge in [0.1, 0.15) is 13.1 Å². The number of hydrogen-bond acceptors (Lipinski definition) is 7. The van der Waals surface area contributed by atoms with E-state index in [1.807, 2.05) is 124 Å². The average Bonchev–Trinajstić information content (AvgIpc) is 2.88. The lowest BCUT2D eigenvalue weighted by Gasteiger charge is -2.14. The summed E-state index contributed by atoms with van der Waals surface area (Å²) in [4.78, 5) is 39.8. The smallest absolute Gasteiger partial charge is 0.184 e. The Kier molecular flexibility index (Phi) is 9.33. The molecule has 0 aromatic heterocycles. The van der Waals surface area contributed by atoms with Gasteiger partial charge in [-0.05, 0) is 77.9 Å². The van der Waals surface area contributed by atoms with Gasteiger partial charge in [-0.2, -0.15) is 0 Å². The Morgan fingerprint density at radius 2 is 0.919 bits per heavy atom. The summed E-state index contributed by atoms with van der Waals surface area (Å²) in [6, 6.07) is 20.9. The van der Waals surface area contributed by atoms with Crippen molar-refractivity contribution in [2.75, 3.05) is 70.1 Å². The molecule has 0 spiro atoms. The lowest BCUT2D eigenvalue weighted by Crippen LogP contribution is -2.10. The van der Waals surface area contributed by atoms with Gasteiger partial charge in [-0.15, -0.1) is 0 Å². The van der Waals surface area contributed by atoms with Gasteiger partial charge in [-0.25, -0.2) is 0 Å². The van der Waals surface area contributed by atoms with Crippen LogP contribution in [0.4, 0.5) is 17.1 Å². The second kappa shape index (κ2) is 12.6. The fourth-order valence-corrected chi connectivity index (χ4v) is 3.61. The van der Waals surface area contributed by atoms with E-state index in [1.165, 1.54) is 0 Å². The van der Waals surface area contributed by atoms with Gasteiger partial charge in [0.2, 0.25) is 0 Å². The summed E-state index contributed by atoms with van der Waals surface area (Å²) >= 11 is 0. The standard InChI is InChI=1S/C30H35N5O2/c1-33(2)26-11-7-24(8-12-26)29(36)20-31-18-22-15-23(17-28(16-22)35(5)6)19-32-21-30(37)25-9-13-27(14-10-25)34(3)4/h7-19H,20-21H2,1-6H3. The maximum absolute atomic E-state index is 12.5. The maximum atomic E-state index is 12.5. The first kappa shape index (κ1) is 27.3. The molecule has 0 saturated heterocycles. The number of nitrogens with zero attached hydrogens (tertiary/aromatic N) is 5. The molecule has 7 heteroatoms. The highest BCUT2D eigenvalue weighted by Gasteiger charge is 2.07. The molecule has 0 atom stereocenters. The molecule has 0 unspecified atom stereocenters. The van der Waals surface area contributed by atoms with E-state index in [1.54, 1.807) is 12.4 Å². The van der Waals surface area contributed by atoms with Crippen LogP contribution in [-0.4, -0.2) is 79.4 Å². The molecule has 0 bridgehead atoms. The normalized spacial score (nSPS) is 11.2. The van der Waals surface area contributed by atoms with Gasteiger partial charge in [0.05, 0.1) is 0 Å². The SMILES string of the molecule is CN(C)c1ccc(C(=O)CN=Cc2cc(C=NCC(=O)c3ccc(N(C)C)cc3)cc(N(C)C)c2)cc1. The molecule has 0 aliphatic rings. The van der Waals surface area contributed by atoms with Crippen molar-refractivity contribution < 1.29 is 9.59 Å².